The Hall–Kier alpha value is -4.93. The average molecular weight is 586 g/mol. The second-order valence-electron chi connectivity index (χ2n) is 10.5. The molecular weight excluding hydrogens is 555 g/mol. The van der Waals surface area contributed by atoms with Crippen molar-refractivity contribution in [2.24, 2.45) is 0 Å². The predicted octanol–water partition coefficient (Wildman–Crippen LogP) is 6.48. The number of aryl methyl sites for hydroxylation is 1. The van der Waals surface area contributed by atoms with Gasteiger partial charge in [0.15, 0.2) is 5.65 Å². The molecule has 2 amide bonds. The monoisotopic (exact) mass is 585 g/mol. The van der Waals surface area contributed by atoms with Crippen LogP contribution in [0.2, 0.25) is 0 Å². The van der Waals surface area contributed by atoms with E-state index in [1.807, 2.05) is 72.3 Å². The van der Waals surface area contributed by atoms with Crippen molar-refractivity contribution in [3.05, 3.63) is 108 Å². The van der Waals surface area contributed by atoms with Crippen molar-refractivity contribution in [3.8, 4) is 5.69 Å². The van der Waals surface area contributed by atoms with E-state index in [1.165, 1.54) is 12.1 Å². The summed E-state index contributed by atoms with van der Waals surface area (Å²) < 4.78 is 41.3. The van der Waals surface area contributed by atoms with Gasteiger partial charge in [-0.05, 0) is 49.2 Å². The molecule has 0 unspecified atom stereocenters. The van der Waals surface area contributed by atoms with Crippen LogP contribution in [-0.4, -0.2) is 56.9 Å². The zero-order valence-electron chi connectivity index (χ0n) is 23.6. The number of hydrogen-bond acceptors (Lipinski definition) is 5. The van der Waals surface area contributed by atoms with Gasteiger partial charge in [-0.2, -0.15) is 18.3 Å². The fourth-order valence-corrected chi connectivity index (χ4v) is 5.35. The van der Waals surface area contributed by atoms with Gasteiger partial charge in [-0.3, -0.25) is 0 Å². The van der Waals surface area contributed by atoms with Crippen LogP contribution < -0.4 is 10.2 Å². The van der Waals surface area contributed by atoms with E-state index in [0.717, 1.165) is 40.3 Å². The quantitative estimate of drug-likeness (QED) is 0.256. The molecule has 1 N–H and O–H groups in total. The number of nitrogens with zero attached hydrogens (tertiary/aromatic N) is 6. The van der Waals surface area contributed by atoms with Crippen molar-refractivity contribution in [3.63, 3.8) is 0 Å². The van der Waals surface area contributed by atoms with E-state index in [2.05, 4.69) is 10.2 Å². The molecule has 220 valence electrons. The van der Waals surface area contributed by atoms with Crippen LogP contribution in [0.5, 0.6) is 0 Å². The van der Waals surface area contributed by atoms with Crippen LogP contribution in [0.25, 0.3) is 16.7 Å². The summed E-state index contributed by atoms with van der Waals surface area (Å²) in [6, 6.07) is 24.1. The van der Waals surface area contributed by atoms with E-state index in [0.29, 0.717) is 50.5 Å². The standard InChI is InChI=1S/C32H30F3N7O/c1-22-28-29(40-16-9-17-41(19-18-40)31(43)36-25-13-8-12-24(21-25)32(33,34)35)37-27(20-23-10-4-2-5-11-23)38-30(28)42(39-22)26-14-6-3-7-15-26/h2-8,10-15,21H,9,16-20H2,1H3,(H,36,43). The molecule has 3 heterocycles. The van der Waals surface area contributed by atoms with Crippen LogP contribution in [-0.2, 0) is 12.6 Å². The zero-order chi connectivity index (χ0) is 30.0. The predicted molar refractivity (Wildman–Crippen MR) is 160 cm³/mol. The van der Waals surface area contributed by atoms with Crippen molar-refractivity contribution in [1.82, 2.24) is 24.6 Å². The fraction of sp³-hybridized carbons (Fsp3) is 0.250. The van der Waals surface area contributed by atoms with Crippen LogP contribution in [0.1, 0.15) is 29.1 Å². The third-order valence-electron chi connectivity index (χ3n) is 7.46. The fourth-order valence-electron chi connectivity index (χ4n) is 5.35. The number of aromatic nitrogens is 4. The molecule has 0 atom stereocenters. The van der Waals surface area contributed by atoms with Crippen molar-refractivity contribution >= 4 is 28.6 Å². The molecule has 6 rings (SSSR count). The van der Waals surface area contributed by atoms with Gasteiger partial charge in [-0.15, -0.1) is 0 Å². The number of halogens is 3. The lowest BCUT2D eigenvalue weighted by molar-refractivity contribution is -0.137. The van der Waals surface area contributed by atoms with Crippen molar-refractivity contribution in [1.29, 1.82) is 0 Å². The van der Waals surface area contributed by atoms with E-state index in [4.69, 9.17) is 15.1 Å². The molecule has 1 aliphatic rings. The van der Waals surface area contributed by atoms with Crippen LogP contribution in [0.4, 0.5) is 29.5 Å². The van der Waals surface area contributed by atoms with Gasteiger partial charge in [0.25, 0.3) is 0 Å². The van der Waals surface area contributed by atoms with Gasteiger partial charge in [0.05, 0.1) is 22.3 Å². The number of carbonyl (C=O) groups excluding carboxylic acids is 1. The summed E-state index contributed by atoms with van der Waals surface area (Å²) in [6.45, 7) is 3.89. The maximum Gasteiger partial charge on any atom is 0.416 e. The number of nitrogens with one attached hydrogen (secondary N) is 1. The third-order valence-corrected chi connectivity index (χ3v) is 7.46. The molecule has 0 saturated carbocycles. The topological polar surface area (TPSA) is 79.2 Å². The normalized spacial score (nSPS) is 14.1. The summed E-state index contributed by atoms with van der Waals surface area (Å²) in [7, 11) is 0. The van der Waals surface area contributed by atoms with Gasteiger partial charge in [-0.1, -0.05) is 54.6 Å². The number of benzene rings is 3. The van der Waals surface area contributed by atoms with E-state index < -0.39 is 17.8 Å². The Balaban J connectivity index is 1.29. The van der Waals surface area contributed by atoms with Gasteiger partial charge in [0, 0.05) is 38.3 Å². The first-order valence-electron chi connectivity index (χ1n) is 14.1. The van der Waals surface area contributed by atoms with E-state index in [1.54, 1.807) is 4.90 Å². The molecule has 0 aliphatic carbocycles. The Morgan fingerprint density at radius 1 is 0.884 bits per heavy atom. The summed E-state index contributed by atoms with van der Waals surface area (Å²) in [4.78, 5) is 26.9. The first-order chi connectivity index (χ1) is 20.8. The molecule has 2 aromatic heterocycles. The number of alkyl halides is 3. The lowest BCUT2D eigenvalue weighted by Crippen LogP contribution is -2.38. The number of carbonyl (C=O) groups is 1. The van der Waals surface area contributed by atoms with Crippen LogP contribution in [0.15, 0.2) is 84.9 Å². The smallest absolute Gasteiger partial charge is 0.354 e. The summed E-state index contributed by atoms with van der Waals surface area (Å²) >= 11 is 0. The second-order valence-corrected chi connectivity index (χ2v) is 10.5. The number of hydrogen-bond donors (Lipinski definition) is 1. The van der Waals surface area contributed by atoms with Crippen LogP contribution >= 0.6 is 0 Å². The molecule has 5 aromatic rings. The number of para-hydroxylation sites is 1. The highest BCUT2D eigenvalue weighted by Crippen LogP contribution is 2.32. The number of fused-ring (bicyclic) bond motifs is 1. The second kappa shape index (κ2) is 11.7. The number of anilines is 2. The van der Waals surface area contributed by atoms with Crippen molar-refractivity contribution in [2.75, 3.05) is 36.4 Å². The lowest BCUT2D eigenvalue weighted by atomic mass is 10.1. The molecule has 0 radical (unpaired) electrons. The van der Waals surface area contributed by atoms with Crippen LogP contribution in [0.3, 0.4) is 0 Å². The summed E-state index contributed by atoms with van der Waals surface area (Å²) in [5, 5.41) is 8.32. The molecule has 1 saturated heterocycles. The lowest BCUT2D eigenvalue weighted by Gasteiger charge is -2.24. The van der Waals surface area contributed by atoms with E-state index in [-0.39, 0.29) is 5.69 Å². The van der Waals surface area contributed by atoms with Crippen molar-refractivity contribution < 1.29 is 18.0 Å². The molecule has 0 bridgehead atoms. The van der Waals surface area contributed by atoms with Crippen molar-refractivity contribution in [2.45, 2.75) is 25.9 Å². The van der Waals surface area contributed by atoms with E-state index in [9.17, 15) is 18.0 Å². The summed E-state index contributed by atoms with van der Waals surface area (Å²) in [5.74, 6) is 1.42. The first kappa shape index (κ1) is 28.2. The minimum atomic E-state index is -4.49. The summed E-state index contributed by atoms with van der Waals surface area (Å²) in [6.07, 6.45) is -3.29. The largest absolute Gasteiger partial charge is 0.416 e. The van der Waals surface area contributed by atoms with Gasteiger partial charge in [0.2, 0.25) is 0 Å². The maximum absolute atomic E-state index is 13.2. The molecule has 43 heavy (non-hydrogen) atoms. The minimum Gasteiger partial charge on any atom is -0.354 e. The highest BCUT2D eigenvalue weighted by Gasteiger charge is 2.31. The SMILES string of the molecule is Cc1nn(-c2ccccc2)c2nc(Cc3ccccc3)nc(N3CCCN(C(=O)Nc4cccc(C(F)(F)F)c4)CC3)c12. The molecular formula is C32H30F3N7O. The van der Waals surface area contributed by atoms with Gasteiger partial charge in [-0.25, -0.2) is 19.4 Å². The Bertz CT molecular complexity index is 1740. The molecule has 3 aromatic carbocycles. The highest BCUT2D eigenvalue weighted by molar-refractivity contribution is 5.91. The Labute approximate surface area is 246 Å². The maximum atomic E-state index is 13.2. The minimum absolute atomic E-state index is 0.105. The van der Waals surface area contributed by atoms with Gasteiger partial charge < -0.3 is 15.1 Å². The Morgan fingerprint density at radius 2 is 1.63 bits per heavy atom. The first-order valence-corrected chi connectivity index (χ1v) is 14.1. The number of urea groups is 1. The summed E-state index contributed by atoms with van der Waals surface area (Å²) in [5.41, 5.74) is 2.78. The van der Waals surface area contributed by atoms with Gasteiger partial charge in [0.1, 0.15) is 11.6 Å². The molecule has 0 spiro atoms. The van der Waals surface area contributed by atoms with Gasteiger partial charge >= 0.3 is 12.2 Å². The Morgan fingerprint density at radius 3 is 2.37 bits per heavy atom. The highest BCUT2D eigenvalue weighted by atomic mass is 19.4. The van der Waals surface area contributed by atoms with Crippen LogP contribution in [0, 0.1) is 6.92 Å². The van der Waals surface area contributed by atoms with E-state index >= 15 is 0 Å². The zero-order valence-corrected chi connectivity index (χ0v) is 23.6. The molecule has 8 nitrogen and oxygen atoms in total. The average Bonchev–Trinajstić information content (AvgIpc) is 3.16. The molecule has 1 aliphatic heterocycles. The number of rotatable bonds is 5. The molecule has 11 heteroatoms. The third kappa shape index (κ3) is 6.15. The Kier molecular flexibility index (Phi) is 7.71. The number of amides is 2. The molecule has 1 fully saturated rings.